The molecule has 0 fully saturated rings. The van der Waals surface area contributed by atoms with E-state index in [1.54, 1.807) is 7.11 Å². The zero-order valence-corrected chi connectivity index (χ0v) is 12.9. The number of ether oxygens (including phenoxy) is 2. The standard InChI is InChI=1S/C13H27NO3S/c1-5-14-13(2,12(15)17-4)8-6-10-18-11-7-9-16-3/h14H,5-11H2,1-4H3. The first kappa shape index (κ1) is 17.7. The summed E-state index contributed by atoms with van der Waals surface area (Å²) in [7, 11) is 3.17. The first-order valence-corrected chi connectivity index (χ1v) is 7.66. The van der Waals surface area contributed by atoms with E-state index in [0.29, 0.717) is 0 Å². The van der Waals surface area contributed by atoms with Gasteiger partial charge in [0.1, 0.15) is 5.54 Å². The molecular weight excluding hydrogens is 250 g/mol. The van der Waals surface area contributed by atoms with Gasteiger partial charge in [-0.2, -0.15) is 11.8 Å². The Bertz CT molecular complexity index is 226. The number of hydrogen-bond donors (Lipinski definition) is 1. The van der Waals surface area contributed by atoms with Gasteiger partial charge in [-0.15, -0.1) is 0 Å². The van der Waals surface area contributed by atoms with Crippen LogP contribution in [0.1, 0.15) is 33.1 Å². The maximum absolute atomic E-state index is 11.7. The summed E-state index contributed by atoms with van der Waals surface area (Å²) in [6, 6.07) is 0. The van der Waals surface area contributed by atoms with E-state index >= 15 is 0 Å². The summed E-state index contributed by atoms with van der Waals surface area (Å²) in [4.78, 5) is 11.7. The van der Waals surface area contributed by atoms with Crippen LogP contribution in [-0.2, 0) is 14.3 Å². The average molecular weight is 277 g/mol. The fourth-order valence-electron chi connectivity index (χ4n) is 1.81. The number of esters is 1. The minimum absolute atomic E-state index is 0.172. The van der Waals surface area contributed by atoms with E-state index in [1.165, 1.54) is 7.11 Å². The van der Waals surface area contributed by atoms with Gasteiger partial charge in [0, 0.05) is 13.7 Å². The summed E-state index contributed by atoms with van der Waals surface area (Å²) >= 11 is 1.91. The minimum atomic E-state index is -0.545. The Balaban J connectivity index is 3.80. The zero-order valence-electron chi connectivity index (χ0n) is 12.1. The van der Waals surface area contributed by atoms with Crippen LogP contribution in [-0.4, -0.2) is 50.4 Å². The van der Waals surface area contributed by atoms with Gasteiger partial charge in [-0.1, -0.05) is 6.92 Å². The molecule has 0 radical (unpaired) electrons. The molecule has 0 heterocycles. The smallest absolute Gasteiger partial charge is 0.325 e. The van der Waals surface area contributed by atoms with Crippen LogP contribution in [0.5, 0.6) is 0 Å². The molecule has 0 aromatic rings. The summed E-state index contributed by atoms with van der Waals surface area (Å²) in [6.07, 6.45) is 2.91. The molecule has 0 saturated carbocycles. The fourth-order valence-corrected chi connectivity index (χ4v) is 2.69. The largest absolute Gasteiger partial charge is 0.468 e. The van der Waals surface area contributed by atoms with Crippen molar-refractivity contribution < 1.29 is 14.3 Å². The maximum Gasteiger partial charge on any atom is 0.325 e. The Kier molecular flexibility index (Phi) is 10.5. The number of rotatable bonds is 11. The van der Waals surface area contributed by atoms with Gasteiger partial charge in [0.15, 0.2) is 0 Å². The Labute approximate surface area is 115 Å². The number of carbonyl (C=O) groups excluding carboxylic acids is 1. The number of carbonyl (C=O) groups is 1. The summed E-state index contributed by atoms with van der Waals surface area (Å²) in [5.74, 6) is 2.01. The highest BCUT2D eigenvalue weighted by Gasteiger charge is 2.32. The van der Waals surface area contributed by atoms with Gasteiger partial charge >= 0.3 is 5.97 Å². The molecule has 1 N–H and O–H groups in total. The van der Waals surface area contributed by atoms with Crippen LogP contribution in [0, 0.1) is 0 Å². The van der Waals surface area contributed by atoms with Crippen LogP contribution in [0.2, 0.25) is 0 Å². The molecule has 0 spiro atoms. The van der Waals surface area contributed by atoms with Crippen molar-refractivity contribution in [1.82, 2.24) is 5.32 Å². The van der Waals surface area contributed by atoms with Gasteiger partial charge in [-0.25, -0.2) is 0 Å². The maximum atomic E-state index is 11.7. The molecule has 18 heavy (non-hydrogen) atoms. The first-order chi connectivity index (χ1) is 8.60. The predicted molar refractivity (Wildman–Crippen MR) is 77.1 cm³/mol. The lowest BCUT2D eigenvalue weighted by Crippen LogP contribution is -2.50. The average Bonchev–Trinajstić information content (AvgIpc) is 2.37. The van der Waals surface area contributed by atoms with Crippen LogP contribution < -0.4 is 5.32 Å². The third kappa shape index (κ3) is 7.24. The zero-order chi connectivity index (χ0) is 13.9. The molecule has 0 aliphatic heterocycles. The molecular formula is C13H27NO3S. The molecule has 0 aliphatic rings. The predicted octanol–water partition coefficient (Wildman–Crippen LogP) is 2.08. The lowest BCUT2D eigenvalue weighted by atomic mass is 9.96. The number of nitrogens with one attached hydrogen (secondary N) is 1. The molecule has 0 bridgehead atoms. The Hall–Kier alpha value is -0.260. The molecule has 5 heteroatoms. The van der Waals surface area contributed by atoms with Crippen molar-refractivity contribution in [3.8, 4) is 0 Å². The molecule has 0 rings (SSSR count). The quantitative estimate of drug-likeness (QED) is 0.463. The summed E-state index contributed by atoms with van der Waals surface area (Å²) in [5.41, 5.74) is -0.545. The lowest BCUT2D eigenvalue weighted by molar-refractivity contribution is -0.148. The van der Waals surface area contributed by atoms with Crippen LogP contribution >= 0.6 is 11.8 Å². The molecule has 0 aromatic carbocycles. The van der Waals surface area contributed by atoms with Gasteiger partial charge in [0.25, 0.3) is 0 Å². The van der Waals surface area contributed by atoms with Gasteiger partial charge in [-0.3, -0.25) is 4.79 Å². The molecule has 4 nitrogen and oxygen atoms in total. The second-order valence-electron chi connectivity index (χ2n) is 4.42. The van der Waals surface area contributed by atoms with Crippen molar-refractivity contribution >= 4 is 17.7 Å². The SMILES string of the molecule is CCNC(C)(CCCSCCCOC)C(=O)OC. The van der Waals surface area contributed by atoms with Gasteiger partial charge in [-0.05, 0) is 44.2 Å². The Morgan fingerprint density at radius 3 is 2.50 bits per heavy atom. The third-order valence-corrected chi connectivity index (χ3v) is 3.96. The van der Waals surface area contributed by atoms with Gasteiger partial charge < -0.3 is 14.8 Å². The summed E-state index contributed by atoms with van der Waals surface area (Å²) < 4.78 is 9.85. The van der Waals surface area contributed by atoms with Crippen molar-refractivity contribution in [2.45, 2.75) is 38.6 Å². The molecule has 0 amide bonds. The Morgan fingerprint density at radius 1 is 1.28 bits per heavy atom. The van der Waals surface area contributed by atoms with Crippen LogP contribution in [0.25, 0.3) is 0 Å². The van der Waals surface area contributed by atoms with Crippen molar-refractivity contribution in [3.05, 3.63) is 0 Å². The second-order valence-corrected chi connectivity index (χ2v) is 5.64. The topological polar surface area (TPSA) is 47.6 Å². The van der Waals surface area contributed by atoms with E-state index in [4.69, 9.17) is 9.47 Å². The van der Waals surface area contributed by atoms with E-state index in [-0.39, 0.29) is 5.97 Å². The lowest BCUT2D eigenvalue weighted by Gasteiger charge is -2.27. The van der Waals surface area contributed by atoms with Crippen molar-refractivity contribution in [1.29, 1.82) is 0 Å². The second kappa shape index (κ2) is 10.6. The highest BCUT2D eigenvalue weighted by Crippen LogP contribution is 2.17. The van der Waals surface area contributed by atoms with Gasteiger partial charge in [0.05, 0.1) is 7.11 Å². The molecule has 1 atom stereocenters. The summed E-state index contributed by atoms with van der Waals surface area (Å²) in [5, 5.41) is 3.22. The van der Waals surface area contributed by atoms with Gasteiger partial charge in [0.2, 0.25) is 0 Å². The van der Waals surface area contributed by atoms with Crippen molar-refractivity contribution in [2.24, 2.45) is 0 Å². The summed E-state index contributed by atoms with van der Waals surface area (Å²) in [6.45, 7) is 5.51. The minimum Gasteiger partial charge on any atom is -0.468 e. The van der Waals surface area contributed by atoms with Crippen molar-refractivity contribution in [3.63, 3.8) is 0 Å². The highest BCUT2D eigenvalue weighted by atomic mass is 32.2. The molecule has 0 aromatic heterocycles. The number of thioether (sulfide) groups is 1. The normalized spacial score (nSPS) is 14.2. The van der Waals surface area contributed by atoms with Crippen LogP contribution in [0.4, 0.5) is 0 Å². The molecule has 1 unspecified atom stereocenters. The molecule has 0 saturated heterocycles. The Morgan fingerprint density at radius 2 is 1.94 bits per heavy atom. The van der Waals surface area contributed by atoms with Crippen molar-refractivity contribution in [2.75, 3.05) is 38.9 Å². The first-order valence-electron chi connectivity index (χ1n) is 6.50. The third-order valence-electron chi connectivity index (χ3n) is 2.81. The van der Waals surface area contributed by atoms with Crippen LogP contribution in [0.3, 0.4) is 0 Å². The molecule has 0 aliphatic carbocycles. The van der Waals surface area contributed by atoms with Crippen LogP contribution in [0.15, 0.2) is 0 Å². The number of hydrogen-bond acceptors (Lipinski definition) is 5. The van der Waals surface area contributed by atoms with E-state index < -0.39 is 5.54 Å². The highest BCUT2D eigenvalue weighted by molar-refractivity contribution is 7.99. The number of methoxy groups -OCH3 is 2. The van der Waals surface area contributed by atoms with E-state index in [2.05, 4.69) is 5.32 Å². The van der Waals surface area contributed by atoms with E-state index in [1.807, 2.05) is 25.6 Å². The molecule has 108 valence electrons. The monoisotopic (exact) mass is 277 g/mol. The van der Waals surface area contributed by atoms with E-state index in [9.17, 15) is 4.79 Å². The number of likely N-dealkylation sites (N-methyl/N-ethyl adjacent to an activating group) is 1. The van der Waals surface area contributed by atoms with E-state index in [0.717, 1.165) is 43.9 Å². The fraction of sp³-hybridized carbons (Fsp3) is 0.923.